The highest BCUT2D eigenvalue weighted by molar-refractivity contribution is 5.84. The van der Waals surface area contributed by atoms with E-state index in [0.29, 0.717) is 12.6 Å². The summed E-state index contributed by atoms with van der Waals surface area (Å²) in [5.74, 6) is -5.73. The average Bonchev–Trinajstić information content (AvgIpc) is 3.14. The highest BCUT2D eigenvalue weighted by atomic mass is 19.4. The van der Waals surface area contributed by atoms with Crippen LogP contribution in [0.1, 0.15) is 62.2 Å². The van der Waals surface area contributed by atoms with E-state index >= 15 is 0 Å². The number of nitrogens with zero attached hydrogens (tertiary/aromatic N) is 3. The lowest BCUT2D eigenvalue weighted by atomic mass is 9.81. The number of nitrogens with two attached hydrogens (primary N) is 1. The maximum absolute atomic E-state index is 13.4. The van der Waals surface area contributed by atoms with Crippen LogP contribution in [0.2, 0.25) is 0 Å². The standard InChI is InChI=1S/C20H24F7N5O/c1-10(20(25,26)27)30-18(33)13(7-15(21)22)12-6-16-31-14(9-32(16)29-8-12)17(28)11-2-4-19(23,24)5-3-11/h6,8-11,13,15,17H,2-5,7,28H2,1H3,(H,30,33)/t10-,13?,17-/m0/s1. The van der Waals surface area contributed by atoms with Gasteiger partial charge in [0.25, 0.3) is 0 Å². The number of halogens is 7. The molecule has 0 bridgehead atoms. The Balaban J connectivity index is 1.82. The van der Waals surface area contributed by atoms with Crippen LogP contribution in [-0.2, 0) is 4.79 Å². The number of fused-ring (bicyclic) bond motifs is 1. The van der Waals surface area contributed by atoms with Crippen LogP contribution in [0.4, 0.5) is 30.7 Å². The van der Waals surface area contributed by atoms with E-state index in [4.69, 9.17) is 5.73 Å². The van der Waals surface area contributed by atoms with E-state index in [1.54, 1.807) is 5.32 Å². The monoisotopic (exact) mass is 483 g/mol. The summed E-state index contributed by atoms with van der Waals surface area (Å²) in [5.41, 5.74) is 6.69. The molecule has 0 aromatic carbocycles. The minimum Gasteiger partial charge on any atom is -0.344 e. The van der Waals surface area contributed by atoms with Crippen molar-refractivity contribution >= 4 is 11.6 Å². The van der Waals surface area contributed by atoms with Crippen molar-refractivity contribution in [2.45, 2.75) is 75.6 Å². The number of alkyl halides is 7. The molecule has 33 heavy (non-hydrogen) atoms. The molecule has 1 unspecified atom stereocenters. The van der Waals surface area contributed by atoms with Crippen molar-refractivity contribution in [1.82, 2.24) is 19.9 Å². The van der Waals surface area contributed by atoms with E-state index in [9.17, 15) is 35.5 Å². The fourth-order valence-electron chi connectivity index (χ4n) is 3.89. The van der Waals surface area contributed by atoms with Crippen molar-refractivity contribution < 1.29 is 35.5 Å². The first-order valence-electron chi connectivity index (χ1n) is 10.4. The third-order valence-corrected chi connectivity index (χ3v) is 5.95. The molecule has 1 aliphatic carbocycles. The van der Waals surface area contributed by atoms with E-state index in [1.165, 1.54) is 16.8 Å². The Bertz CT molecular complexity index is 967. The first-order chi connectivity index (χ1) is 15.3. The molecule has 0 saturated heterocycles. The molecule has 3 N–H and O–H groups in total. The number of hydrogen-bond acceptors (Lipinski definition) is 4. The highest BCUT2D eigenvalue weighted by Gasteiger charge is 2.39. The second kappa shape index (κ2) is 9.43. The number of carbonyl (C=O) groups is 1. The van der Waals surface area contributed by atoms with Gasteiger partial charge in [-0.05, 0) is 37.3 Å². The van der Waals surface area contributed by atoms with Crippen LogP contribution in [-0.4, -0.2) is 45.1 Å². The number of amides is 1. The molecule has 184 valence electrons. The van der Waals surface area contributed by atoms with Gasteiger partial charge in [-0.2, -0.15) is 18.3 Å². The molecule has 6 nitrogen and oxygen atoms in total. The SMILES string of the molecule is C[C@H](NC(=O)C(CC(F)F)c1cnn2cc([C@@H](N)C3CCC(F)(F)CC3)nc2c1)C(F)(F)F. The van der Waals surface area contributed by atoms with E-state index in [1.807, 2.05) is 0 Å². The van der Waals surface area contributed by atoms with Gasteiger partial charge >= 0.3 is 6.18 Å². The zero-order chi connectivity index (χ0) is 24.6. The van der Waals surface area contributed by atoms with Crippen molar-refractivity contribution in [1.29, 1.82) is 0 Å². The quantitative estimate of drug-likeness (QED) is 0.574. The Hall–Kier alpha value is -2.44. The Morgan fingerprint density at radius 2 is 1.94 bits per heavy atom. The van der Waals surface area contributed by atoms with Gasteiger partial charge in [0.05, 0.1) is 30.0 Å². The molecule has 0 radical (unpaired) electrons. The lowest BCUT2D eigenvalue weighted by Crippen LogP contribution is -2.45. The maximum atomic E-state index is 13.4. The van der Waals surface area contributed by atoms with Crippen LogP contribution in [0.3, 0.4) is 0 Å². The van der Waals surface area contributed by atoms with Crippen molar-refractivity contribution in [3.63, 3.8) is 0 Å². The first kappa shape index (κ1) is 25.2. The number of imidazole rings is 1. The van der Waals surface area contributed by atoms with Crippen molar-refractivity contribution in [2.75, 3.05) is 0 Å². The Morgan fingerprint density at radius 3 is 2.52 bits per heavy atom. The van der Waals surface area contributed by atoms with Crippen molar-refractivity contribution in [3.05, 3.63) is 29.7 Å². The molecule has 1 amide bonds. The fraction of sp³-hybridized carbons (Fsp3) is 0.650. The largest absolute Gasteiger partial charge is 0.408 e. The van der Waals surface area contributed by atoms with E-state index in [2.05, 4.69) is 10.1 Å². The molecule has 0 aliphatic heterocycles. The van der Waals surface area contributed by atoms with E-state index in [-0.39, 0.29) is 42.8 Å². The van der Waals surface area contributed by atoms with Crippen molar-refractivity contribution in [2.24, 2.45) is 11.7 Å². The van der Waals surface area contributed by atoms with Crippen molar-refractivity contribution in [3.8, 4) is 0 Å². The summed E-state index contributed by atoms with van der Waals surface area (Å²) in [5, 5.41) is 5.73. The second-order valence-corrected chi connectivity index (χ2v) is 8.43. The lowest BCUT2D eigenvalue weighted by molar-refractivity contribution is -0.158. The number of rotatable bonds is 7. The molecule has 3 rings (SSSR count). The maximum Gasteiger partial charge on any atom is 0.408 e. The first-order valence-corrected chi connectivity index (χ1v) is 10.4. The average molecular weight is 483 g/mol. The number of carbonyl (C=O) groups excluding carboxylic acids is 1. The summed E-state index contributed by atoms with van der Waals surface area (Å²) in [7, 11) is 0. The smallest absolute Gasteiger partial charge is 0.344 e. The van der Waals surface area contributed by atoms with Gasteiger partial charge in [-0.25, -0.2) is 27.1 Å². The third kappa shape index (κ3) is 6.12. The lowest BCUT2D eigenvalue weighted by Gasteiger charge is -2.31. The van der Waals surface area contributed by atoms with Crippen LogP contribution in [0.25, 0.3) is 5.65 Å². The van der Waals surface area contributed by atoms with E-state index in [0.717, 1.165) is 6.20 Å². The summed E-state index contributed by atoms with van der Waals surface area (Å²) in [4.78, 5) is 16.7. The van der Waals surface area contributed by atoms with Crippen LogP contribution in [0, 0.1) is 5.92 Å². The molecule has 0 spiro atoms. The van der Waals surface area contributed by atoms with E-state index < -0.39 is 48.9 Å². The molecule has 1 aliphatic rings. The molecular formula is C20H24F7N5O. The Labute approximate surface area is 184 Å². The number of hydrogen-bond donors (Lipinski definition) is 2. The molecular weight excluding hydrogens is 459 g/mol. The van der Waals surface area contributed by atoms with Gasteiger partial charge in [0.15, 0.2) is 5.65 Å². The second-order valence-electron chi connectivity index (χ2n) is 8.43. The number of nitrogens with one attached hydrogen (secondary N) is 1. The summed E-state index contributed by atoms with van der Waals surface area (Å²) in [6, 6.07) is -1.59. The molecule has 2 aromatic heterocycles. The van der Waals surface area contributed by atoms with Crippen LogP contribution >= 0.6 is 0 Å². The van der Waals surface area contributed by atoms with Gasteiger partial charge in [0.1, 0.15) is 6.04 Å². The van der Waals surface area contributed by atoms with Gasteiger partial charge in [0.2, 0.25) is 18.3 Å². The highest BCUT2D eigenvalue weighted by Crippen LogP contribution is 2.40. The zero-order valence-electron chi connectivity index (χ0n) is 17.6. The van der Waals surface area contributed by atoms with Gasteiger partial charge in [0, 0.05) is 19.3 Å². The molecule has 1 fully saturated rings. The topological polar surface area (TPSA) is 85.3 Å². The summed E-state index contributed by atoms with van der Waals surface area (Å²) < 4.78 is 92.6. The molecule has 13 heteroatoms. The third-order valence-electron chi connectivity index (χ3n) is 5.95. The fourth-order valence-corrected chi connectivity index (χ4v) is 3.89. The molecule has 3 atom stereocenters. The number of aromatic nitrogens is 3. The zero-order valence-corrected chi connectivity index (χ0v) is 17.6. The Morgan fingerprint density at radius 1 is 1.30 bits per heavy atom. The van der Waals surface area contributed by atoms with Gasteiger partial charge in [-0.1, -0.05) is 0 Å². The molecule has 2 aromatic rings. The predicted octanol–water partition coefficient (Wildman–Crippen LogP) is 4.36. The van der Waals surface area contributed by atoms with Gasteiger partial charge in [-0.15, -0.1) is 0 Å². The summed E-state index contributed by atoms with van der Waals surface area (Å²) in [6.45, 7) is 0.710. The minimum atomic E-state index is -4.73. The molecule has 1 saturated carbocycles. The van der Waals surface area contributed by atoms with Crippen LogP contribution in [0.5, 0.6) is 0 Å². The normalized spacial score (nSPS) is 20.1. The van der Waals surface area contributed by atoms with Crippen LogP contribution in [0.15, 0.2) is 18.5 Å². The Kier molecular flexibility index (Phi) is 7.20. The predicted molar refractivity (Wildman–Crippen MR) is 104 cm³/mol. The van der Waals surface area contributed by atoms with Crippen LogP contribution < -0.4 is 11.1 Å². The van der Waals surface area contributed by atoms with Gasteiger partial charge in [-0.3, -0.25) is 4.79 Å². The minimum absolute atomic E-state index is 0.0299. The summed E-state index contributed by atoms with van der Waals surface area (Å²) >= 11 is 0. The van der Waals surface area contributed by atoms with Gasteiger partial charge < -0.3 is 11.1 Å². The summed E-state index contributed by atoms with van der Waals surface area (Å²) in [6.07, 6.45) is -6.22. The molecule has 2 heterocycles.